The molecule has 0 saturated heterocycles. The molecule has 0 amide bonds. The summed E-state index contributed by atoms with van der Waals surface area (Å²) in [6.45, 7) is 0.912. The van der Waals surface area contributed by atoms with E-state index >= 15 is 0 Å². The van der Waals surface area contributed by atoms with Gasteiger partial charge in [-0.3, -0.25) is 0 Å². The number of hydrogen-bond donors (Lipinski definition) is 0. The average Bonchev–Trinajstić information content (AvgIpc) is 3.41. The largest absolute Gasteiger partial charge is 0.437 e. The van der Waals surface area contributed by atoms with E-state index < -0.39 is 25.5 Å². The summed E-state index contributed by atoms with van der Waals surface area (Å²) in [4.78, 5) is 4.56. The number of aryl methyl sites for hydroxylation is 3. The van der Waals surface area contributed by atoms with Crippen LogP contribution in [0.4, 0.5) is 0 Å². The van der Waals surface area contributed by atoms with Crippen molar-refractivity contribution in [2.75, 3.05) is 0 Å². The first-order chi connectivity index (χ1) is 18.9. The van der Waals surface area contributed by atoms with Crippen LogP contribution in [-0.2, 0) is 7.05 Å². The Morgan fingerprint density at radius 1 is 1.00 bits per heavy atom. The predicted octanol–water partition coefficient (Wildman–Crippen LogP) is 7.13. The highest BCUT2D eigenvalue weighted by Gasteiger charge is 2.29. The number of furan rings is 1. The van der Waals surface area contributed by atoms with Crippen molar-refractivity contribution in [3.05, 3.63) is 77.2 Å². The summed E-state index contributed by atoms with van der Waals surface area (Å²) < 4.78 is 76.9. The lowest BCUT2D eigenvalue weighted by atomic mass is 9.92. The van der Waals surface area contributed by atoms with Gasteiger partial charge in [-0.1, -0.05) is 57.9 Å². The van der Waals surface area contributed by atoms with E-state index in [1.165, 1.54) is 32.0 Å². The maximum Gasteiger partial charge on any atom is 0.297 e. The SMILES string of the molecule is [2H]C([2H])([2H])C([2H])(C)c1cccc(C([2H])(C)C([2H])([2H])[2H])c1-n1cc[n+](C)c1-c1c(C)ccc2c1oc1nc(C)ccc12. The summed E-state index contributed by atoms with van der Waals surface area (Å²) in [7, 11) is 1.82. The normalized spacial score (nSPS) is 19.9. The molecule has 0 spiro atoms. The number of benzene rings is 2. The number of nitrogens with zero attached hydrogens (tertiary/aromatic N) is 3. The van der Waals surface area contributed by atoms with Gasteiger partial charge in [-0.2, -0.15) is 4.57 Å². The Morgan fingerprint density at radius 2 is 1.70 bits per heavy atom. The summed E-state index contributed by atoms with van der Waals surface area (Å²) in [6, 6.07) is 12.4. The van der Waals surface area contributed by atoms with Crippen molar-refractivity contribution in [3.63, 3.8) is 0 Å². The maximum absolute atomic E-state index is 9.00. The van der Waals surface area contributed by atoms with Crippen LogP contribution < -0.4 is 4.57 Å². The van der Waals surface area contributed by atoms with Crippen LogP contribution in [-0.4, -0.2) is 9.55 Å². The maximum atomic E-state index is 9.00. The van der Waals surface area contributed by atoms with Crippen LogP contribution in [0.2, 0.25) is 0 Å². The molecule has 5 rings (SSSR count). The molecule has 4 heteroatoms. The van der Waals surface area contributed by atoms with Gasteiger partial charge in [-0.05, 0) is 43.3 Å². The van der Waals surface area contributed by atoms with Crippen LogP contribution >= 0.6 is 0 Å². The summed E-state index contributed by atoms with van der Waals surface area (Å²) >= 11 is 0. The Labute approximate surface area is 206 Å². The van der Waals surface area contributed by atoms with Gasteiger partial charge < -0.3 is 4.42 Å². The Bertz CT molecular complexity index is 1760. The second-order valence-electron chi connectivity index (χ2n) is 8.60. The van der Waals surface area contributed by atoms with Gasteiger partial charge in [0.05, 0.1) is 7.05 Å². The van der Waals surface area contributed by atoms with Crippen molar-refractivity contribution < 1.29 is 20.0 Å². The van der Waals surface area contributed by atoms with E-state index in [1.54, 1.807) is 17.0 Å². The highest BCUT2D eigenvalue weighted by atomic mass is 16.3. The molecule has 33 heavy (non-hydrogen) atoms. The van der Waals surface area contributed by atoms with Gasteiger partial charge in [0.15, 0.2) is 5.58 Å². The number of rotatable bonds is 4. The Morgan fingerprint density at radius 3 is 2.39 bits per heavy atom. The average molecular weight is 447 g/mol. The molecule has 0 aliphatic heterocycles. The molecule has 2 aromatic carbocycles. The molecule has 5 aromatic rings. The van der Waals surface area contributed by atoms with E-state index in [1.807, 2.05) is 49.7 Å². The number of aromatic nitrogens is 3. The van der Waals surface area contributed by atoms with E-state index in [-0.39, 0.29) is 16.8 Å². The van der Waals surface area contributed by atoms with E-state index in [4.69, 9.17) is 15.4 Å². The quantitative estimate of drug-likeness (QED) is 0.275. The fraction of sp³-hybridized carbons (Fsp3) is 0.310. The van der Waals surface area contributed by atoms with Crippen molar-refractivity contribution in [2.24, 2.45) is 7.05 Å². The fourth-order valence-electron chi connectivity index (χ4n) is 4.55. The molecule has 2 unspecified atom stereocenters. The first-order valence-electron chi connectivity index (χ1n) is 14.9. The zero-order chi connectivity index (χ0) is 30.3. The second kappa shape index (κ2) is 7.87. The Hall–Kier alpha value is -3.40. The number of fused-ring (bicyclic) bond motifs is 3. The van der Waals surface area contributed by atoms with E-state index in [9.17, 15) is 0 Å². The van der Waals surface area contributed by atoms with Crippen LogP contribution in [0.3, 0.4) is 0 Å². The minimum Gasteiger partial charge on any atom is -0.437 e. The Balaban J connectivity index is 1.94. The Kier molecular flexibility index (Phi) is 3.34. The van der Waals surface area contributed by atoms with Crippen LogP contribution in [0.1, 0.15) is 72.7 Å². The molecular formula is C29H32N3O+. The van der Waals surface area contributed by atoms with Crippen LogP contribution in [0, 0.1) is 13.8 Å². The van der Waals surface area contributed by atoms with Gasteiger partial charge in [-0.25, -0.2) is 9.55 Å². The molecule has 0 aliphatic carbocycles. The van der Waals surface area contributed by atoms with Crippen LogP contribution in [0.5, 0.6) is 0 Å². The summed E-state index contributed by atoms with van der Waals surface area (Å²) in [6.07, 6.45) is 3.47. The van der Waals surface area contributed by atoms with Crippen molar-refractivity contribution >= 4 is 22.1 Å². The summed E-state index contributed by atoms with van der Waals surface area (Å²) in [5, 5.41) is 1.69. The van der Waals surface area contributed by atoms with Gasteiger partial charge in [0, 0.05) is 38.6 Å². The molecule has 0 fully saturated rings. The molecular weight excluding hydrogens is 406 g/mol. The molecule has 0 bridgehead atoms. The molecule has 3 aromatic heterocycles. The third-order valence-corrected chi connectivity index (χ3v) is 6.16. The van der Waals surface area contributed by atoms with E-state index in [2.05, 4.69) is 4.98 Å². The minimum atomic E-state index is -2.74. The zero-order valence-electron chi connectivity index (χ0n) is 27.4. The minimum absolute atomic E-state index is 0.0851. The van der Waals surface area contributed by atoms with Crippen molar-refractivity contribution in [1.29, 1.82) is 0 Å². The summed E-state index contributed by atoms with van der Waals surface area (Å²) in [5.74, 6) is -3.67. The molecule has 0 N–H and O–H groups in total. The van der Waals surface area contributed by atoms with Gasteiger partial charge in [0.1, 0.15) is 23.6 Å². The molecule has 0 aliphatic rings. The third-order valence-electron chi connectivity index (χ3n) is 6.16. The molecule has 0 saturated carbocycles. The summed E-state index contributed by atoms with van der Waals surface area (Å²) in [5.41, 5.74) is 3.76. The van der Waals surface area contributed by atoms with Crippen LogP contribution in [0.15, 0.2) is 59.3 Å². The standard InChI is InChI=1S/C29H32N3O/c1-17(2)21-9-8-10-22(18(3)4)26(21)32-16-15-31(7)29(32)25-19(5)11-13-23-24-14-12-20(6)30-28(24)33-27(23)25/h8-18H,1-7H3/q+1/i1D3,3D3,17D,18D. The number of pyridine rings is 1. The fourth-order valence-corrected chi connectivity index (χ4v) is 4.55. The number of imidazole rings is 1. The lowest BCUT2D eigenvalue weighted by molar-refractivity contribution is -0.659. The highest BCUT2D eigenvalue weighted by molar-refractivity contribution is 6.08. The predicted molar refractivity (Wildman–Crippen MR) is 135 cm³/mol. The lowest BCUT2D eigenvalue weighted by Crippen LogP contribution is -2.29. The highest BCUT2D eigenvalue weighted by Crippen LogP contribution is 2.39. The van der Waals surface area contributed by atoms with E-state index in [0.717, 1.165) is 22.0 Å². The van der Waals surface area contributed by atoms with Crippen LogP contribution in [0.25, 0.3) is 39.1 Å². The molecule has 168 valence electrons. The zero-order valence-corrected chi connectivity index (χ0v) is 19.4. The van der Waals surface area contributed by atoms with Gasteiger partial charge in [0.25, 0.3) is 5.82 Å². The second-order valence-corrected chi connectivity index (χ2v) is 8.60. The van der Waals surface area contributed by atoms with Gasteiger partial charge >= 0.3 is 0 Å². The number of para-hydroxylation sites is 1. The first-order valence-corrected chi connectivity index (χ1v) is 10.9. The van der Waals surface area contributed by atoms with Gasteiger partial charge in [-0.15, -0.1) is 0 Å². The van der Waals surface area contributed by atoms with E-state index in [0.29, 0.717) is 22.7 Å². The molecule has 2 atom stereocenters. The lowest BCUT2D eigenvalue weighted by Gasteiger charge is -2.18. The third kappa shape index (κ3) is 3.36. The molecule has 4 nitrogen and oxygen atoms in total. The van der Waals surface area contributed by atoms with Crippen molar-refractivity contribution in [1.82, 2.24) is 9.55 Å². The van der Waals surface area contributed by atoms with Gasteiger partial charge in [0.2, 0.25) is 5.71 Å². The number of hydrogen-bond acceptors (Lipinski definition) is 2. The van der Waals surface area contributed by atoms with Crippen molar-refractivity contribution in [3.8, 4) is 17.1 Å². The van der Waals surface area contributed by atoms with Crippen molar-refractivity contribution in [2.45, 2.75) is 53.2 Å². The first kappa shape index (κ1) is 14.0. The molecule has 3 heterocycles. The smallest absolute Gasteiger partial charge is 0.297 e. The monoisotopic (exact) mass is 446 g/mol. The topological polar surface area (TPSA) is 34.8 Å². The molecule has 0 radical (unpaired) electrons.